The second-order valence-electron chi connectivity index (χ2n) is 6.37. The van der Waals surface area contributed by atoms with Crippen molar-refractivity contribution in [2.75, 3.05) is 13.1 Å². The van der Waals surface area contributed by atoms with Crippen LogP contribution in [-0.4, -0.2) is 41.9 Å². The average molecular weight is 419 g/mol. The van der Waals surface area contributed by atoms with Crippen LogP contribution >= 0.6 is 0 Å². The van der Waals surface area contributed by atoms with Crippen LogP contribution in [0, 0.1) is 5.82 Å². The van der Waals surface area contributed by atoms with Crippen molar-refractivity contribution in [1.29, 1.82) is 0 Å². The maximum atomic E-state index is 12.9. The molecule has 2 heterocycles. The Bertz CT molecular complexity index is 903. The quantitative estimate of drug-likeness (QED) is 0.697. The highest BCUT2D eigenvalue weighted by atomic mass is 32.2. The first-order valence-electron chi connectivity index (χ1n) is 8.42. The summed E-state index contributed by atoms with van der Waals surface area (Å²) in [5.41, 5.74) is -0.572. The van der Waals surface area contributed by atoms with Crippen molar-refractivity contribution in [3.05, 3.63) is 53.6 Å². The van der Waals surface area contributed by atoms with Crippen LogP contribution in [0.15, 0.2) is 36.7 Å². The van der Waals surface area contributed by atoms with Crippen LogP contribution in [0.3, 0.4) is 0 Å². The first-order valence-corrected chi connectivity index (χ1v) is 10.0. The van der Waals surface area contributed by atoms with Crippen LogP contribution in [0.1, 0.15) is 24.0 Å². The van der Waals surface area contributed by atoms with E-state index in [2.05, 4.69) is 9.97 Å². The third-order valence-electron chi connectivity index (χ3n) is 4.23. The molecule has 3 rings (SSSR count). The van der Waals surface area contributed by atoms with Gasteiger partial charge in [-0.2, -0.15) is 17.5 Å². The lowest BCUT2D eigenvalue weighted by Crippen LogP contribution is -2.44. The summed E-state index contributed by atoms with van der Waals surface area (Å²) < 4.78 is 82.8. The molecular formula is C17H17F4N3O3S. The van der Waals surface area contributed by atoms with Crippen molar-refractivity contribution in [1.82, 2.24) is 14.3 Å². The summed E-state index contributed by atoms with van der Waals surface area (Å²) in [6.07, 6.45) is -1.96. The van der Waals surface area contributed by atoms with E-state index < -0.39 is 39.4 Å². The van der Waals surface area contributed by atoms with Gasteiger partial charge in [0.1, 0.15) is 6.10 Å². The molecule has 0 amide bonds. The molecule has 1 atom stereocenters. The fourth-order valence-corrected chi connectivity index (χ4v) is 4.45. The van der Waals surface area contributed by atoms with Gasteiger partial charge in [0, 0.05) is 6.54 Å². The number of nitrogens with zero attached hydrogens (tertiary/aromatic N) is 3. The van der Waals surface area contributed by atoms with Crippen molar-refractivity contribution >= 4 is 10.0 Å². The number of alkyl halides is 3. The highest BCUT2D eigenvalue weighted by Crippen LogP contribution is 2.29. The predicted octanol–water partition coefficient (Wildman–Crippen LogP) is 3.01. The summed E-state index contributed by atoms with van der Waals surface area (Å²) in [7, 11) is -3.75. The molecule has 11 heteroatoms. The third kappa shape index (κ3) is 5.16. The second-order valence-corrected chi connectivity index (χ2v) is 8.34. The Morgan fingerprint density at radius 2 is 1.79 bits per heavy atom. The number of halogens is 4. The van der Waals surface area contributed by atoms with Gasteiger partial charge in [0.25, 0.3) is 0 Å². The summed E-state index contributed by atoms with van der Waals surface area (Å²) in [4.78, 5) is 7.37. The van der Waals surface area contributed by atoms with E-state index in [1.165, 1.54) is 4.31 Å². The van der Waals surface area contributed by atoms with E-state index in [0.717, 1.165) is 36.7 Å². The minimum Gasteiger partial charge on any atom is -0.459 e. The number of piperidine rings is 1. The van der Waals surface area contributed by atoms with E-state index >= 15 is 0 Å². The summed E-state index contributed by atoms with van der Waals surface area (Å²) in [6, 6.07) is 3.99. The SMILES string of the molecule is O=S(=O)(Cc1ccc(C(F)(F)F)cc1)N1CCC[C@H](Oc2ncc(F)cn2)C1. The van der Waals surface area contributed by atoms with Gasteiger partial charge in [-0.25, -0.2) is 22.8 Å². The second kappa shape index (κ2) is 8.00. The van der Waals surface area contributed by atoms with E-state index in [9.17, 15) is 26.0 Å². The van der Waals surface area contributed by atoms with Gasteiger partial charge in [-0.05, 0) is 30.5 Å². The van der Waals surface area contributed by atoms with Gasteiger partial charge in [-0.1, -0.05) is 12.1 Å². The van der Waals surface area contributed by atoms with Gasteiger partial charge >= 0.3 is 12.2 Å². The first-order chi connectivity index (χ1) is 13.1. The number of ether oxygens (including phenoxy) is 1. The lowest BCUT2D eigenvalue weighted by molar-refractivity contribution is -0.137. The fourth-order valence-electron chi connectivity index (χ4n) is 2.86. The van der Waals surface area contributed by atoms with Crippen LogP contribution in [0.4, 0.5) is 17.6 Å². The number of hydrogen-bond donors (Lipinski definition) is 0. The largest absolute Gasteiger partial charge is 0.459 e. The topological polar surface area (TPSA) is 72.4 Å². The van der Waals surface area contributed by atoms with E-state index in [1.807, 2.05) is 0 Å². The number of hydrogen-bond acceptors (Lipinski definition) is 5. The molecule has 0 saturated carbocycles. The minimum atomic E-state index is -4.47. The molecule has 6 nitrogen and oxygen atoms in total. The maximum absolute atomic E-state index is 12.9. The summed E-state index contributed by atoms with van der Waals surface area (Å²) in [5, 5.41) is 0. The fraction of sp³-hybridized carbons (Fsp3) is 0.412. The molecule has 0 aliphatic carbocycles. The van der Waals surface area contributed by atoms with Gasteiger partial charge in [0.05, 0.1) is 30.3 Å². The number of sulfonamides is 1. The van der Waals surface area contributed by atoms with E-state index in [4.69, 9.17) is 4.74 Å². The summed E-state index contributed by atoms with van der Waals surface area (Å²) >= 11 is 0. The van der Waals surface area contributed by atoms with E-state index in [1.54, 1.807) is 0 Å². The predicted molar refractivity (Wildman–Crippen MR) is 91.3 cm³/mol. The van der Waals surface area contributed by atoms with Gasteiger partial charge in [-0.15, -0.1) is 0 Å². The smallest absolute Gasteiger partial charge is 0.416 e. The molecule has 1 aromatic carbocycles. The molecule has 1 aliphatic rings. The molecule has 152 valence electrons. The van der Waals surface area contributed by atoms with Gasteiger partial charge in [0.15, 0.2) is 5.82 Å². The standard InChI is InChI=1S/C17H17F4N3O3S/c18-14-8-22-16(23-9-14)27-15-2-1-7-24(10-15)28(25,26)11-12-3-5-13(6-4-12)17(19,20)21/h3-6,8-9,15H,1-2,7,10-11H2/t15-/m0/s1. The van der Waals surface area contributed by atoms with Crippen molar-refractivity contribution in [2.24, 2.45) is 0 Å². The zero-order valence-corrected chi connectivity index (χ0v) is 15.4. The number of aromatic nitrogens is 2. The Morgan fingerprint density at radius 1 is 1.14 bits per heavy atom. The molecule has 2 aromatic rings. The van der Waals surface area contributed by atoms with Crippen molar-refractivity contribution < 1.29 is 30.7 Å². The zero-order chi connectivity index (χ0) is 20.4. The van der Waals surface area contributed by atoms with Crippen molar-refractivity contribution in [3.8, 4) is 6.01 Å². The molecule has 1 saturated heterocycles. The van der Waals surface area contributed by atoms with Gasteiger partial charge < -0.3 is 4.74 Å². The normalized spacial score (nSPS) is 18.8. The Kier molecular flexibility index (Phi) is 5.84. The van der Waals surface area contributed by atoms with E-state index in [-0.39, 0.29) is 24.7 Å². The van der Waals surface area contributed by atoms with Crippen LogP contribution in [-0.2, 0) is 22.0 Å². The maximum Gasteiger partial charge on any atom is 0.416 e. The molecule has 0 bridgehead atoms. The molecule has 28 heavy (non-hydrogen) atoms. The Labute approximate surface area is 159 Å². The molecule has 1 aliphatic heterocycles. The molecule has 1 aromatic heterocycles. The van der Waals surface area contributed by atoms with E-state index in [0.29, 0.717) is 12.8 Å². The molecule has 0 unspecified atom stereocenters. The number of rotatable bonds is 5. The molecule has 0 spiro atoms. The molecule has 0 radical (unpaired) electrons. The molecule has 1 fully saturated rings. The Balaban J connectivity index is 1.65. The minimum absolute atomic E-state index is 0.0478. The zero-order valence-electron chi connectivity index (χ0n) is 14.6. The summed E-state index contributed by atoms with van der Waals surface area (Å²) in [5.74, 6) is -1.03. The van der Waals surface area contributed by atoms with Crippen LogP contribution in [0.5, 0.6) is 6.01 Å². The Morgan fingerprint density at radius 3 is 2.39 bits per heavy atom. The third-order valence-corrected chi connectivity index (χ3v) is 6.05. The van der Waals surface area contributed by atoms with Crippen LogP contribution < -0.4 is 4.74 Å². The number of benzene rings is 1. The lowest BCUT2D eigenvalue weighted by atomic mass is 10.1. The Hall–Kier alpha value is -2.27. The van der Waals surface area contributed by atoms with Crippen molar-refractivity contribution in [3.63, 3.8) is 0 Å². The molecule has 0 N–H and O–H groups in total. The molecular weight excluding hydrogens is 402 g/mol. The van der Waals surface area contributed by atoms with Crippen molar-refractivity contribution in [2.45, 2.75) is 30.9 Å². The highest BCUT2D eigenvalue weighted by molar-refractivity contribution is 7.88. The monoisotopic (exact) mass is 419 g/mol. The van der Waals surface area contributed by atoms with Crippen LogP contribution in [0.25, 0.3) is 0 Å². The van der Waals surface area contributed by atoms with Crippen LogP contribution in [0.2, 0.25) is 0 Å². The lowest BCUT2D eigenvalue weighted by Gasteiger charge is -2.31. The first kappa shape index (κ1) is 20.5. The summed E-state index contributed by atoms with van der Waals surface area (Å²) in [6.45, 7) is 0.344. The average Bonchev–Trinajstić information content (AvgIpc) is 2.63. The van der Waals surface area contributed by atoms with Gasteiger partial charge in [0.2, 0.25) is 10.0 Å². The van der Waals surface area contributed by atoms with Gasteiger partial charge in [-0.3, -0.25) is 0 Å². The highest BCUT2D eigenvalue weighted by Gasteiger charge is 2.32.